The number of amides is 2. The molecule has 0 spiro atoms. The van der Waals surface area contributed by atoms with E-state index in [1.54, 1.807) is 0 Å². The molecular weight excluding hydrogens is 394 g/mol. The Balaban J connectivity index is 1.58. The first-order valence-corrected chi connectivity index (χ1v) is 10.5. The Kier molecular flexibility index (Phi) is 8.01. The first-order chi connectivity index (χ1) is 15.1. The minimum atomic E-state index is -0.505. The number of carbonyl (C=O) groups is 2. The largest absolute Gasteiger partial charge is 0.348 e. The Labute approximate surface area is 181 Å². The van der Waals surface area contributed by atoms with Crippen LogP contribution in [0.15, 0.2) is 42.0 Å². The van der Waals surface area contributed by atoms with E-state index in [1.165, 1.54) is 31.4 Å². The van der Waals surface area contributed by atoms with Crippen LogP contribution in [0.1, 0.15) is 38.3 Å². The van der Waals surface area contributed by atoms with Crippen LogP contribution in [0.5, 0.6) is 0 Å². The van der Waals surface area contributed by atoms with Crippen molar-refractivity contribution in [1.82, 2.24) is 30.7 Å². The summed E-state index contributed by atoms with van der Waals surface area (Å²) in [7, 11) is 0. The molecular formula is C22H27N7O2. The molecule has 0 saturated carbocycles. The smallest absolute Gasteiger partial charge is 0.262 e. The fraction of sp³-hybridized carbons (Fsp3) is 0.455. The van der Waals surface area contributed by atoms with Gasteiger partial charge in [0.1, 0.15) is 23.7 Å². The number of allylic oxidation sites excluding steroid dienone is 3. The normalized spacial score (nSPS) is 19.9. The third kappa shape index (κ3) is 6.55. The minimum absolute atomic E-state index is 0.0234. The molecule has 1 aliphatic carbocycles. The second-order valence-electron chi connectivity index (χ2n) is 7.71. The maximum absolute atomic E-state index is 12.6. The highest BCUT2D eigenvalue weighted by molar-refractivity contribution is 6.01. The summed E-state index contributed by atoms with van der Waals surface area (Å²) in [5.74, 6) is -0.623. The lowest BCUT2D eigenvalue weighted by atomic mass is 9.90. The number of hydrogen-bond acceptors (Lipinski definition) is 7. The van der Waals surface area contributed by atoms with Crippen molar-refractivity contribution in [3.05, 3.63) is 47.7 Å². The molecule has 2 heterocycles. The lowest BCUT2D eigenvalue weighted by Crippen LogP contribution is -2.43. The van der Waals surface area contributed by atoms with Crippen molar-refractivity contribution in [3.63, 3.8) is 0 Å². The molecule has 1 unspecified atom stereocenters. The van der Waals surface area contributed by atoms with Crippen molar-refractivity contribution in [3.8, 4) is 6.07 Å². The maximum atomic E-state index is 12.6. The molecule has 0 aromatic carbocycles. The number of likely N-dealkylation sites (tertiary alicyclic amines) is 1. The number of aromatic nitrogens is 3. The predicted molar refractivity (Wildman–Crippen MR) is 115 cm³/mol. The number of nitrogens with zero attached hydrogens (tertiary/aromatic N) is 5. The first-order valence-electron chi connectivity index (χ1n) is 10.5. The van der Waals surface area contributed by atoms with Gasteiger partial charge in [-0.1, -0.05) is 12.2 Å². The van der Waals surface area contributed by atoms with Crippen LogP contribution in [0, 0.1) is 17.2 Å². The number of nitrogens with one attached hydrogen (secondary N) is 2. The molecule has 2 aliphatic rings. The molecule has 0 bridgehead atoms. The fourth-order valence-corrected chi connectivity index (χ4v) is 3.75. The molecule has 1 fully saturated rings. The Morgan fingerprint density at radius 2 is 2.19 bits per heavy atom. The van der Waals surface area contributed by atoms with Crippen LogP contribution < -0.4 is 10.6 Å². The van der Waals surface area contributed by atoms with E-state index in [1.807, 2.05) is 31.2 Å². The van der Waals surface area contributed by atoms with Crippen molar-refractivity contribution < 1.29 is 9.59 Å². The van der Waals surface area contributed by atoms with E-state index in [0.29, 0.717) is 18.5 Å². The SMILES string of the molecule is CC(NC(=O)/C(C#N)=C/c1cncnn1)[C@@H]1CC=CC=C1NC(=O)CCN1CCCC1. The quantitative estimate of drug-likeness (QED) is 0.479. The van der Waals surface area contributed by atoms with Gasteiger partial charge in [-0.2, -0.15) is 5.26 Å². The maximum Gasteiger partial charge on any atom is 0.262 e. The average Bonchev–Trinajstić information content (AvgIpc) is 3.31. The molecule has 2 atom stereocenters. The highest BCUT2D eigenvalue weighted by Crippen LogP contribution is 2.23. The van der Waals surface area contributed by atoms with Crippen LogP contribution in [0.2, 0.25) is 0 Å². The standard InChI is InChI=1S/C22H27N7O2/c1-16(26-22(31)17(13-23)12-18-14-24-15-25-28-18)19-6-2-3-7-20(19)27-21(30)8-11-29-9-4-5-10-29/h2-3,7,12,14-16,19H,4-6,8-11H2,1H3,(H,26,31)(H,27,30)/b17-12+/t16?,19-/m0/s1. The molecule has 1 aliphatic heterocycles. The van der Waals surface area contributed by atoms with Crippen LogP contribution >= 0.6 is 0 Å². The van der Waals surface area contributed by atoms with Gasteiger partial charge in [0.2, 0.25) is 5.91 Å². The third-order valence-corrected chi connectivity index (χ3v) is 5.46. The monoisotopic (exact) mass is 421 g/mol. The average molecular weight is 422 g/mol. The van der Waals surface area contributed by atoms with Gasteiger partial charge in [0.15, 0.2) is 0 Å². The van der Waals surface area contributed by atoms with E-state index in [9.17, 15) is 14.9 Å². The molecule has 1 aromatic rings. The molecule has 0 radical (unpaired) electrons. The summed E-state index contributed by atoms with van der Waals surface area (Å²) >= 11 is 0. The third-order valence-electron chi connectivity index (χ3n) is 5.46. The zero-order valence-electron chi connectivity index (χ0n) is 17.6. The fourth-order valence-electron chi connectivity index (χ4n) is 3.75. The van der Waals surface area contributed by atoms with Crippen LogP contribution in [0.25, 0.3) is 6.08 Å². The van der Waals surface area contributed by atoms with E-state index in [-0.39, 0.29) is 23.4 Å². The van der Waals surface area contributed by atoms with E-state index in [0.717, 1.165) is 25.3 Å². The summed E-state index contributed by atoms with van der Waals surface area (Å²) in [4.78, 5) is 31.2. The lowest BCUT2D eigenvalue weighted by molar-refractivity contribution is -0.120. The molecule has 1 aromatic heterocycles. The number of nitriles is 1. The summed E-state index contributed by atoms with van der Waals surface area (Å²) in [5.41, 5.74) is 1.02. The highest BCUT2D eigenvalue weighted by Gasteiger charge is 2.26. The van der Waals surface area contributed by atoms with Gasteiger partial charge in [-0.15, -0.1) is 10.2 Å². The predicted octanol–water partition coefficient (Wildman–Crippen LogP) is 1.35. The van der Waals surface area contributed by atoms with Crippen molar-refractivity contribution in [2.45, 2.75) is 38.6 Å². The zero-order chi connectivity index (χ0) is 22.1. The second kappa shape index (κ2) is 11.1. The highest BCUT2D eigenvalue weighted by atomic mass is 16.2. The van der Waals surface area contributed by atoms with Gasteiger partial charge in [-0.25, -0.2) is 4.98 Å². The Morgan fingerprint density at radius 1 is 1.39 bits per heavy atom. The molecule has 31 heavy (non-hydrogen) atoms. The molecule has 162 valence electrons. The van der Waals surface area contributed by atoms with Crippen LogP contribution in [0.3, 0.4) is 0 Å². The van der Waals surface area contributed by atoms with Gasteiger partial charge in [0.25, 0.3) is 5.91 Å². The Morgan fingerprint density at radius 3 is 2.90 bits per heavy atom. The van der Waals surface area contributed by atoms with E-state index in [2.05, 4.69) is 30.7 Å². The molecule has 2 N–H and O–H groups in total. The van der Waals surface area contributed by atoms with Gasteiger partial charge in [-0.3, -0.25) is 9.59 Å². The summed E-state index contributed by atoms with van der Waals surface area (Å²) in [5, 5.41) is 22.7. The van der Waals surface area contributed by atoms with Gasteiger partial charge < -0.3 is 15.5 Å². The van der Waals surface area contributed by atoms with Crippen molar-refractivity contribution in [2.75, 3.05) is 19.6 Å². The number of rotatable bonds is 8. The van der Waals surface area contributed by atoms with Gasteiger partial charge in [-0.05, 0) is 51.4 Å². The molecule has 1 saturated heterocycles. The van der Waals surface area contributed by atoms with Crippen LogP contribution in [-0.2, 0) is 9.59 Å². The van der Waals surface area contributed by atoms with E-state index >= 15 is 0 Å². The van der Waals surface area contributed by atoms with Gasteiger partial charge in [0.05, 0.1) is 6.20 Å². The topological polar surface area (TPSA) is 124 Å². The van der Waals surface area contributed by atoms with E-state index in [4.69, 9.17) is 0 Å². The lowest BCUT2D eigenvalue weighted by Gasteiger charge is -2.28. The Hall–Kier alpha value is -3.38. The first kappa shape index (κ1) is 22.3. The van der Waals surface area contributed by atoms with Crippen LogP contribution in [-0.4, -0.2) is 57.6 Å². The summed E-state index contributed by atoms with van der Waals surface area (Å²) in [6.45, 7) is 4.75. The van der Waals surface area contributed by atoms with Crippen molar-refractivity contribution in [2.24, 2.45) is 5.92 Å². The van der Waals surface area contributed by atoms with Crippen LogP contribution in [0.4, 0.5) is 0 Å². The number of hydrogen-bond donors (Lipinski definition) is 2. The minimum Gasteiger partial charge on any atom is -0.348 e. The van der Waals surface area contributed by atoms with Crippen molar-refractivity contribution >= 4 is 17.9 Å². The van der Waals surface area contributed by atoms with Gasteiger partial charge in [0, 0.05) is 30.6 Å². The summed E-state index contributed by atoms with van der Waals surface area (Å²) < 4.78 is 0. The molecule has 2 amide bonds. The molecule has 3 rings (SSSR count). The summed E-state index contributed by atoms with van der Waals surface area (Å²) in [6.07, 6.45) is 13.3. The van der Waals surface area contributed by atoms with Gasteiger partial charge >= 0.3 is 0 Å². The Bertz CT molecular complexity index is 912. The zero-order valence-corrected chi connectivity index (χ0v) is 17.6. The van der Waals surface area contributed by atoms with Crippen molar-refractivity contribution in [1.29, 1.82) is 5.26 Å². The second-order valence-corrected chi connectivity index (χ2v) is 7.71. The summed E-state index contributed by atoms with van der Waals surface area (Å²) in [6, 6.07) is 1.60. The van der Waals surface area contributed by atoms with E-state index < -0.39 is 5.91 Å². The molecule has 9 nitrogen and oxygen atoms in total. The number of carbonyl (C=O) groups excluding carboxylic acids is 2. The molecule has 9 heteroatoms.